The third-order valence-electron chi connectivity index (χ3n) is 2.87. The second kappa shape index (κ2) is 4.47. The van der Waals surface area contributed by atoms with E-state index in [-0.39, 0.29) is 11.4 Å². The average Bonchev–Trinajstić information content (AvgIpc) is 2.18. The van der Waals surface area contributed by atoms with Crippen LogP contribution in [0.4, 0.5) is 5.69 Å². The maximum atomic E-state index is 11.7. The molecule has 1 amide bonds. The van der Waals surface area contributed by atoms with E-state index in [2.05, 4.69) is 5.32 Å². The lowest BCUT2D eigenvalue weighted by atomic mass is 9.94. The zero-order valence-electron chi connectivity index (χ0n) is 10.4. The lowest BCUT2D eigenvalue weighted by Gasteiger charge is -2.44. The number of aryl methyl sites for hydroxylation is 1. The van der Waals surface area contributed by atoms with E-state index < -0.39 is 0 Å². The standard InChI is InChI=1S/C13H19N3O/c1-10-3-5-11(6-4-10)15-12(17)7-16-8-13(2,14)9-16/h3-6H,7-9,14H2,1-2H3,(H,15,17). The maximum Gasteiger partial charge on any atom is 0.238 e. The second-order valence-electron chi connectivity index (χ2n) is 5.21. The van der Waals surface area contributed by atoms with Crippen LogP contribution < -0.4 is 11.1 Å². The van der Waals surface area contributed by atoms with Crippen molar-refractivity contribution < 1.29 is 4.79 Å². The fourth-order valence-corrected chi connectivity index (χ4v) is 2.13. The first-order chi connectivity index (χ1) is 7.94. The molecule has 1 aliphatic heterocycles. The molecule has 2 rings (SSSR count). The molecule has 1 saturated heterocycles. The number of nitrogens with zero attached hydrogens (tertiary/aromatic N) is 1. The number of hydrogen-bond acceptors (Lipinski definition) is 3. The quantitative estimate of drug-likeness (QED) is 0.817. The molecule has 0 aliphatic carbocycles. The summed E-state index contributed by atoms with van der Waals surface area (Å²) in [6.45, 7) is 6.01. The number of hydrogen-bond donors (Lipinski definition) is 2. The highest BCUT2D eigenvalue weighted by molar-refractivity contribution is 5.92. The van der Waals surface area contributed by atoms with Gasteiger partial charge in [0.15, 0.2) is 0 Å². The molecule has 0 unspecified atom stereocenters. The van der Waals surface area contributed by atoms with Gasteiger partial charge in [-0.2, -0.15) is 0 Å². The number of likely N-dealkylation sites (tertiary alicyclic amines) is 1. The van der Waals surface area contributed by atoms with Crippen molar-refractivity contribution in [2.75, 3.05) is 25.0 Å². The van der Waals surface area contributed by atoms with E-state index in [1.165, 1.54) is 5.56 Å². The molecule has 0 aromatic heterocycles. The average molecular weight is 233 g/mol. The summed E-state index contributed by atoms with van der Waals surface area (Å²) in [6.07, 6.45) is 0. The molecular weight excluding hydrogens is 214 g/mol. The predicted molar refractivity (Wildman–Crippen MR) is 68.8 cm³/mol. The van der Waals surface area contributed by atoms with Crippen LogP contribution in [-0.4, -0.2) is 36.0 Å². The van der Waals surface area contributed by atoms with Crippen molar-refractivity contribution in [3.05, 3.63) is 29.8 Å². The van der Waals surface area contributed by atoms with Crippen molar-refractivity contribution in [1.29, 1.82) is 0 Å². The summed E-state index contributed by atoms with van der Waals surface area (Å²) < 4.78 is 0. The third-order valence-corrected chi connectivity index (χ3v) is 2.87. The Morgan fingerprint density at radius 3 is 2.53 bits per heavy atom. The highest BCUT2D eigenvalue weighted by Crippen LogP contribution is 2.16. The summed E-state index contributed by atoms with van der Waals surface area (Å²) in [7, 11) is 0. The molecule has 0 saturated carbocycles. The zero-order valence-corrected chi connectivity index (χ0v) is 10.4. The third kappa shape index (κ3) is 3.28. The second-order valence-corrected chi connectivity index (χ2v) is 5.21. The number of rotatable bonds is 3. The number of nitrogens with one attached hydrogen (secondary N) is 1. The normalized spacial score (nSPS) is 18.5. The molecule has 4 heteroatoms. The molecule has 3 N–H and O–H groups in total. The maximum absolute atomic E-state index is 11.7. The van der Waals surface area contributed by atoms with E-state index in [4.69, 9.17) is 5.73 Å². The van der Waals surface area contributed by atoms with Gasteiger partial charge in [0.05, 0.1) is 6.54 Å². The van der Waals surface area contributed by atoms with Gasteiger partial charge in [0.25, 0.3) is 0 Å². The molecule has 1 fully saturated rings. The van der Waals surface area contributed by atoms with E-state index >= 15 is 0 Å². The van der Waals surface area contributed by atoms with Gasteiger partial charge >= 0.3 is 0 Å². The zero-order chi connectivity index (χ0) is 12.5. The fraction of sp³-hybridized carbons (Fsp3) is 0.462. The van der Waals surface area contributed by atoms with Crippen LogP contribution in [0.5, 0.6) is 0 Å². The van der Waals surface area contributed by atoms with Crippen LogP contribution in [0.15, 0.2) is 24.3 Å². The summed E-state index contributed by atoms with van der Waals surface area (Å²) in [5.41, 5.74) is 7.79. The predicted octanol–water partition coefficient (Wildman–Crippen LogP) is 0.967. The molecule has 0 spiro atoms. The molecule has 0 radical (unpaired) electrons. The van der Waals surface area contributed by atoms with Crippen LogP contribution in [0, 0.1) is 6.92 Å². The summed E-state index contributed by atoms with van der Waals surface area (Å²) in [4.78, 5) is 13.8. The Balaban J connectivity index is 1.80. The Hall–Kier alpha value is -1.39. The lowest BCUT2D eigenvalue weighted by molar-refractivity contribution is -0.118. The SMILES string of the molecule is Cc1ccc(NC(=O)CN2CC(C)(N)C2)cc1. The van der Waals surface area contributed by atoms with Crippen LogP contribution in [0.1, 0.15) is 12.5 Å². The molecule has 0 atom stereocenters. The highest BCUT2D eigenvalue weighted by atomic mass is 16.2. The van der Waals surface area contributed by atoms with Crippen molar-refractivity contribution in [2.45, 2.75) is 19.4 Å². The number of carbonyl (C=O) groups excluding carboxylic acids is 1. The summed E-state index contributed by atoms with van der Waals surface area (Å²) >= 11 is 0. The van der Waals surface area contributed by atoms with Gasteiger partial charge in [-0.25, -0.2) is 0 Å². The minimum Gasteiger partial charge on any atom is -0.325 e. The van der Waals surface area contributed by atoms with Gasteiger partial charge in [0.1, 0.15) is 0 Å². The van der Waals surface area contributed by atoms with E-state index in [1.807, 2.05) is 43.0 Å². The Kier molecular flexibility index (Phi) is 3.17. The Bertz CT molecular complexity index is 403. The van der Waals surface area contributed by atoms with Crippen LogP contribution >= 0.6 is 0 Å². The first-order valence-corrected chi connectivity index (χ1v) is 5.82. The molecule has 1 aliphatic rings. The van der Waals surface area contributed by atoms with Crippen LogP contribution in [0.2, 0.25) is 0 Å². The van der Waals surface area contributed by atoms with Crippen LogP contribution in [-0.2, 0) is 4.79 Å². The molecule has 1 heterocycles. The summed E-state index contributed by atoms with van der Waals surface area (Å²) in [5, 5.41) is 2.87. The van der Waals surface area contributed by atoms with Gasteiger partial charge in [0.2, 0.25) is 5.91 Å². The number of anilines is 1. The van der Waals surface area contributed by atoms with Gasteiger partial charge in [-0.3, -0.25) is 9.69 Å². The number of carbonyl (C=O) groups is 1. The smallest absolute Gasteiger partial charge is 0.238 e. The van der Waals surface area contributed by atoms with Gasteiger partial charge in [0, 0.05) is 24.3 Å². The van der Waals surface area contributed by atoms with Crippen molar-refractivity contribution in [1.82, 2.24) is 4.90 Å². The fourth-order valence-electron chi connectivity index (χ4n) is 2.13. The minimum absolute atomic E-state index is 0.0179. The van der Waals surface area contributed by atoms with Gasteiger partial charge < -0.3 is 11.1 Å². The van der Waals surface area contributed by atoms with Crippen molar-refractivity contribution >= 4 is 11.6 Å². The summed E-state index contributed by atoms with van der Waals surface area (Å²) in [5.74, 6) is 0.0179. The first kappa shape index (κ1) is 12.1. The molecule has 92 valence electrons. The van der Waals surface area contributed by atoms with E-state index in [1.54, 1.807) is 0 Å². The van der Waals surface area contributed by atoms with Crippen molar-refractivity contribution in [3.8, 4) is 0 Å². The Morgan fingerprint density at radius 1 is 1.41 bits per heavy atom. The van der Waals surface area contributed by atoms with Crippen LogP contribution in [0.25, 0.3) is 0 Å². The first-order valence-electron chi connectivity index (χ1n) is 5.82. The number of nitrogens with two attached hydrogens (primary N) is 1. The molecule has 1 aromatic rings. The van der Waals surface area contributed by atoms with Crippen molar-refractivity contribution in [2.24, 2.45) is 5.73 Å². The van der Waals surface area contributed by atoms with E-state index in [0.29, 0.717) is 6.54 Å². The van der Waals surface area contributed by atoms with Crippen molar-refractivity contribution in [3.63, 3.8) is 0 Å². The number of benzene rings is 1. The molecule has 17 heavy (non-hydrogen) atoms. The van der Waals surface area contributed by atoms with E-state index in [9.17, 15) is 4.79 Å². The molecule has 4 nitrogen and oxygen atoms in total. The minimum atomic E-state index is -0.121. The summed E-state index contributed by atoms with van der Waals surface area (Å²) in [6, 6.07) is 7.79. The largest absolute Gasteiger partial charge is 0.325 e. The number of amides is 1. The van der Waals surface area contributed by atoms with Crippen LogP contribution in [0.3, 0.4) is 0 Å². The van der Waals surface area contributed by atoms with Gasteiger partial charge in [-0.15, -0.1) is 0 Å². The lowest BCUT2D eigenvalue weighted by Crippen LogP contribution is -2.66. The van der Waals surface area contributed by atoms with E-state index in [0.717, 1.165) is 18.8 Å². The molecular formula is C13H19N3O. The monoisotopic (exact) mass is 233 g/mol. The molecule has 1 aromatic carbocycles. The Labute approximate surface area is 102 Å². The molecule has 0 bridgehead atoms. The topological polar surface area (TPSA) is 58.4 Å². The van der Waals surface area contributed by atoms with Gasteiger partial charge in [-0.05, 0) is 26.0 Å². The highest BCUT2D eigenvalue weighted by Gasteiger charge is 2.35. The Morgan fingerprint density at radius 2 is 2.00 bits per heavy atom. The van der Waals surface area contributed by atoms with Gasteiger partial charge in [-0.1, -0.05) is 17.7 Å².